The van der Waals surface area contributed by atoms with Crippen LogP contribution >= 0.6 is 0 Å². The second-order valence-electron chi connectivity index (χ2n) is 5.18. The summed E-state index contributed by atoms with van der Waals surface area (Å²) in [6, 6.07) is 9.90. The number of piperidine rings is 1. The van der Waals surface area contributed by atoms with Crippen LogP contribution in [0.3, 0.4) is 0 Å². The van der Waals surface area contributed by atoms with Crippen molar-refractivity contribution in [1.82, 2.24) is 5.32 Å². The lowest BCUT2D eigenvalue weighted by Gasteiger charge is -2.29. The van der Waals surface area contributed by atoms with Crippen molar-refractivity contribution in [2.45, 2.75) is 31.8 Å². The molecule has 1 saturated carbocycles. The van der Waals surface area contributed by atoms with Gasteiger partial charge in [-0.1, -0.05) is 12.1 Å². The SMILES string of the molecule is CNCc1ccc(N2CC3CCC2C3)cc1. The minimum Gasteiger partial charge on any atom is -0.368 e. The summed E-state index contributed by atoms with van der Waals surface area (Å²) in [5.41, 5.74) is 2.79. The van der Waals surface area contributed by atoms with Crippen LogP contribution in [-0.4, -0.2) is 19.6 Å². The molecule has 2 aliphatic rings. The first-order valence-electron chi connectivity index (χ1n) is 6.37. The molecule has 0 spiro atoms. The summed E-state index contributed by atoms with van der Waals surface area (Å²) in [7, 11) is 1.99. The average Bonchev–Trinajstić information content (AvgIpc) is 2.92. The standard InChI is InChI=1S/C14H20N2/c1-15-9-11-2-5-13(6-3-11)16-10-12-4-7-14(16)8-12/h2-3,5-6,12,14-15H,4,7-10H2,1H3. The van der Waals surface area contributed by atoms with Gasteiger partial charge in [-0.25, -0.2) is 0 Å². The summed E-state index contributed by atoms with van der Waals surface area (Å²) in [4.78, 5) is 2.61. The van der Waals surface area contributed by atoms with Gasteiger partial charge in [0.2, 0.25) is 0 Å². The van der Waals surface area contributed by atoms with Gasteiger partial charge in [0.05, 0.1) is 0 Å². The summed E-state index contributed by atoms with van der Waals surface area (Å²) in [5.74, 6) is 0.974. The van der Waals surface area contributed by atoms with E-state index in [-0.39, 0.29) is 0 Å². The van der Waals surface area contributed by atoms with Gasteiger partial charge in [-0.3, -0.25) is 0 Å². The maximum absolute atomic E-state index is 3.19. The molecule has 1 aromatic carbocycles. The van der Waals surface area contributed by atoms with Crippen molar-refractivity contribution < 1.29 is 0 Å². The molecule has 2 bridgehead atoms. The predicted molar refractivity (Wildman–Crippen MR) is 67.7 cm³/mol. The Morgan fingerprint density at radius 1 is 1.25 bits per heavy atom. The van der Waals surface area contributed by atoms with Gasteiger partial charge in [0, 0.05) is 24.8 Å². The quantitative estimate of drug-likeness (QED) is 0.834. The molecule has 1 aliphatic carbocycles. The first kappa shape index (κ1) is 10.2. The summed E-state index contributed by atoms with van der Waals surface area (Å²) in [6.45, 7) is 2.25. The molecule has 1 N–H and O–H groups in total. The predicted octanol–water partition coefficient (Wildman–Crippen LogP) is 2.39. The molecule has 0 aromatic heterocycles. The Bertz CT molecular complexity index is 358. The van der Waals surface area contributed by atoms with Crippen LogP contribution < -0.4 is 10.2 Å². The van der Waals surface area contributed by atoms with E-state index in [4.69, 9.17) is 0 Å². The van der Waals surface area contributed by atoms with Crippen LogP contribution in [0.4, 0.5) is 5.69 Å². The van der Waals surface area contributed by atoms with Crippen LogP contribution in [-0.2, 0) is 6.54 Å². The maximum atomic E-state index is 3.19. The van der Waals surface area contributed by atoms with Gasteiger partial charge in [-0.15, -0.1) is 0 Å². The third kappa shape index (κ3) is 1.71. The fourth-order valence-corrected chi connectivity index (χ4v) is 3.25. The van der Waals surface area contributed by atoms with Crippen molar-refractivity contribution in [2.24, 2.45) is 5.92 Å². The summed E-state index contributed by atoms with van der Waals surface area (Å²) in [6.07, 6.45) is 4.29. The fourth-order valence-electron chi connectivity index (χ4n) is 3.25. The van der Waals surface area contributed by atoms with Gasteiger partial charge in [-0.05, 0) is 49.9 Å². The van der Waals surface area contributed by atoms with E-state index in [2.05, 4.69) is 34.5 Å². The molecule has 2 unspecified atom stereocenters. The molecule has 2 atom stereocenters. The third-order valence-corrected chi connectivity index (χ3v) is 4.06. The average molecular weight is 216 g/mol. The molecule has 1 heterocycles. The molecular weight excluding hydrogens is 196 g/mol. The van der Waals surface area contributed by atoms with E-state index in [0.29, 0.717) is 0 Å². The first-order valence-corrected chi connectivity index (χ1v) is 6.37. The lowest BCUT2D eigenvalue weighted by Crippen LogP contribution is -2.31. The molecule has 1 aromatic rings. The highest BCUT2D eigenvalue weighted by Gasteiger charge is 2.37. The number of nitrogens with zero attached hydrogens (tertiary/aromatic N) is 1. The molecule has 2 nitrogen and oxygen atoms in total. The number of nitrogens with one attached hydrogen (secondary N) is 1. The number of rotatable bonds is 3. The molecule has 3 rings (SSSR count). The van der Waals surface area contributed by atoms with Gasteiger partial charge in [0.25, 0.3) is 0 Å². The topological polar surface area (TPSA) is 15.3 Å². The molecular formula is C14H20N2. The highest BCUT2D eigenvalue weighted by Crippen LogP contribution is 2.40. The monoisotopic (exact) mass is 216 g/mol. The molecule has 1 saturated heterocycles. The Kier molecular flexibility index (Phi) is 2.60. The van der Waals surface area contributed by atoms with E-state index in [1.165, 1.54) is 37.1 Å². The lowest BCUT2D eigenvalue weighted by atomic mass is 10.1. The van der Waals surface area contributed by atoms with Gasteiger partial charge < -0.3 is 10.2 Å². The van der Waals surface area contributed by atoms with Gasteiger partial charge in [-0.2, -0.15) is 0 Å². The van der Waals surface area contributed by atoms with Gasteiger partial charge in [0.1, 0.15) is 0 Å². The van der Waals surface area contributed by atoms with Crippen molar-refractivity contribution in [3.05, 3.63) is 29.8 Å². The Hall–Kier alpha value is -1.02. The van der Waals surface area contributed by atoms with E-state index in [1.54, 1.807) is 0 Å². The van der Waals surface area contributed by atoms with Gasteiger partial charge in [0.15, 0.2) is 0 Å². The highest BCUT2D eigenvalue weighted by atomic mass is 15.2. The number of hydrogen-bond donors (Lipinski definition) is 1. The minimum absolute atomic E-state index is 0.833. The van der Waals surface area contributed by atoms with Crippen LogP contribution in [0.5, 0.6) is 0 Å². The maximum Gasteiger partial charge on any atom is 0.0369 e. The van der Waals surface area contributed by atoms with Crippen LogP contribution in [0.2, 0.25) is 0 Å². The summed E-state index contributed by atoms with van der Waals surface area (Å²) < 4.78 is 0. The van der Waals surface area contributed by atoms with E-state index < -0.39 is 0 Å². The summed E-state index contributed by atoms with van der Waals surface area (Å²) in [5, 5.41) is 3.19. The van der Waals surface area contributed by atoms with Crippen LogP contribution in [0.1, 0.15) is 24.8 Å². The zero-order chi connectivity index (χ0) is 11.0. The van der Waals surface area contributed by atoms with Gasteiger partial charge >= 0.3 is 0 Å². The van der Waals surface area contributed by atoms with E-state index in [0.717, 1.165) is 18.5 Å². The van der Waals surface area contributed by atoms with Crippen molar-refractivity contribution in [2.75, 3.05) is 18.5 Å². The number of fused-ring (bicyclic) bond motifs is 2. The second-order valence-corrected chi connectivity index (χ2v) is 5.18. The van der Waals surface area contributed by atoms with Crippen molar-refractivity contribution in [3.63, 3.8) is 0 Å². The van der Waals surface area contributed by atoms with Crippen molar-refractivity contribution in [1.29, 1.82) is 0 Å². The Morgan fingerprint density at radius 3 is 2.62 bits per heavy atom. The van der Waals surface area contributed by atoms with Crippen LogP contribution in [0.15, 0.2) is 24.3 Å². The molecule has 2 fully saturated rings. The fraction of sp³-hybridized carbons (Fsp3) is 0.571. The Labute approximate surface area is 97.6 Å². The Morgan fingerprint density at radius 2 is 2.06 bits per heavy atom. The smallest absolute Gasteiger partial charge is 0.0369 e. The molecule has 2 heteroatoms. The van der Waals surface area contributed by atoms with Crippen molar-refractivity contribution >= 4 is 5.69 Å². The van der Waals surface area contributed by atoms with E-state index >= 15 is 0 Å². The zero-order valence-corrected chi connectivity index (χ0v) is 9.95. The second kappa shape index (κ2) is 4.10. The normalized spacial score (nSPS) is 27.7. The molecule has 16 heavy (non-hydrogen) atoms. The first-order chi connectivity index (χ1) is 7.86. The highest BCUT2D eigenvalue weighted by molar-refractivity contribution is 5.50. The minimum atomic E-state index is 0.833. The number of benzene rings is 1. The van der Waals surface area contributed by atoms with Crippen LogP contribution in [0, 0.1) is 5.92 Å². The number of hydrogen-bond acceptors (Lipinski definition) is 2. The molecule has 1 aliphatic heterocycles. The van der Waals surface area contributed by atoms with Crippen molar-refractivity contribution in [3.8, 4) is 0 Å². The Balaban J connectivity index is 1.75. The largest absolute Gasteiger partial charge is 0.368 e. The molecule has 0 radical (unpaired) electrons. The molecule has 0 amide bonds. The number of anilines is 1. The van der Waals surface area contributed by atoms with E-state index in [9.17, 15) is 0 Å². The van der Waals surface area contributed by atoms with Crippen LogP contribution in [0.25, 0.3) is 0 Å². The third-order valence-electron chi connectivity index (χ3n) is 4.06. The van der Waals surface area contributed by atoms with E-state index in [1.807, 2.05) is 7.05 Å². The summed E-state index contributed by atoms with van der Waals surface area (Å²) >= 11 is 0. The zero-order valence-electron chi connectivity index (χ0n) is 9.95. The lowest BCUT2D eigenvalue weighted by molar-refractivity contribution is 0.553. The molecule has 86 valence electrons.